The van der Waals surface area contributed by atoms with E-state index in [-0.39, 0.29) is 16.9 Å². The van der Waals surface area contributed by atoms with Gasteiger partial charge in [0.2, 0.25) is 5.88 Å². The first-order chi connectivity index (χ1) is 14.3. The van der Waals surface area contributed by atoms with Crippen molar-refractivity contribution >= 4 is 28.8 Å². The molecule has 0 bridgehead atoms. The number of hydrogen-bond acceptors (Lipinski definition) is 6. The minimum atomic E-state index is -0.127. The van der Waals surface area contributed by atoms with Gasteiger partial charge in [-0.1, -0.05) is 19.0 Å². The van der Waals surface area contributed by atoms with E-state index < -0.39 is 0 Å². The van der Waals surface area contributed by atoms with Crippen LogP contribution in [-0.2, 0) is 0 Å². The number of fused-ring (bicyclic) bond motifs is 2. The van der Waals surface area contributed by atoms with Crippen LogP contribution in [-0.4, -0.2) is 57.2 Å². The molecule has 9 nitrogen and oxygen atoms in total. The zero-order valence-electron chi connectivity index (χ0n) is 17.8. The number of aromatic nitrogens is 4. The van der Waals surface area contributed by atoms with Gasteiger partial charge in [-0.15, -0.1) is 0 Å². The monoisotopic (exact) mass is 409 g/mol. The Morgan fingerprint density at radius 2 is 2.03 bits per heavy atom. The fourth-order valence-corrected chi connectivity index (χ4v) is 5.35. The fourth-order valence-electron chi connectivity index (χ4n) is 5.35. The van der Waals surface area contributed by atoms with Crippen molar-refractivity contribution in [3.05, 3.63) is 30.4 Å². The molecule has 2 fully saturated rings. The maximum Gasteiger partial charge on any atom is 0.324 e. The van der Waals surface area contributed by atoms with E-state index in [9.17, 15) is 4.79 Å². The van der Waals surface area contributed by atoms with Gasteiger partial charge < -0.3 is 19.3 Å². The molecule has 3 atom stereocenters. The van der Waals surface area contributed by atoms with Gasteiger partial charge in [0.15, 0.2) is 0 Å². The lowest BCUT2D eigenvalue weighted by Gasteiger charge is -2.31. The van der Waals surface area contributed by atoms with Gasteiger partial charge in [-0.3, -0.25) is 5.32 Å². The SMILES string of the molecule is Cc1cc(NC(=O)N2C[C@]3(C)CC(N(C)c4ncnc5[nH]ccc45)C[C@]3(C)C2)on1. The molecular weight excluding hydrogens is 382 g/mol. The third-order valence-electron chi connectivity index (χ3n) is 7.27. The molecule has 1 aliphatic heterocycles. The Morgan fingerprint density at radius 1 is 1.30 bits per heavy atom. The normalized spacial score (nSPS) is 28.1. The first kappa shape index (κ1) is 18.9. The van der Waals surface area contributed by atoms with E-state index in [0.29, 0.717) is 11.9 Å². The quantitative estimate of drug-likeness (QED) is 0.687. The number of carbonyl (C=O) groups is 1. The Kier molecular flexibility index (Phi) is 4.06. The summed E-state index contributed by atoms with van der Waals surface area (Å²) < 4.78 is 5.13. The molecule has 158 valence electrons. The number of nitrogens with zero attached hydrogens (tertiary/aromatic N) is 5. The highest BCUT2D eigenvalue weighted by Gasteiger charge is 2.59. The zero-order valence-corrected chi connectivity index (χ0v) is 17.8. The molecule has 2 aliphatic rings. The van der Waals surface area contributed by atoms with Gasteiger partial charge in [-0.05, 0) is 36.7 Å². The summed E-state index contributed by atoms with van der Waals surface area (Å²) in [6.45, 7) is 7.88. The lowest BCUT2D eigenvalue weighted by Crippen LogP contribution is -2.38. The predicted molar refractivity (Wildman–Crippen MR) is 113 cm³/mol. The second-order valence-electron chi connectivity index (χ2n) is 9.35. The van der Waals surface area contributed by atoms with E-state index >= 15 is 0 Å². The highest BCUT2D eigenvalue weighted by atomic mass is 16.5. The summed E-state index contributed by atoms with van der Waals surface area (Å²) in [5, 5.41) is 7.70. The maximum absolute atomic E-state index is 12.8. The van der Waals surface area contributed by atoms with Crippen LogP contribution in [0.2, 0.25) is 0 Å². The van der Waals surface area contributed by atoms with Crippen molar-refractivity contribution in [2.24, 2.45) is 10.8 Å². The smallest absolute Gasteiger partial charge is 0.324 e. The summed E-state index contributed by atoms with van der Waals surface area (Å²) in [4.78, 5) is 29.0. The highest BCUT2D eigenvalue weighted by Crippen LogP contribution is 2.58. The first-order valence-electron chi connectivity index (χ1n) is 10.3. The molecule has 0 spiro atoms. The molecule has 0 radical (unpaired) electrons. The number of urea groups is 1. The molecule has 4 heterocycles. The van der Waals surface area contributed by atoms with Crippen LogP contribution in [0.4, 0.5) is 16.5 Å². The van der Waals surface area contributed by atoms with Crippen LogP contribution >= 0.6 is 0 Å². The van der Waals surface area contributed by atoms with Crippen molar-refractivity contribution in [1.82, 2.24) is 25.0 Å². The number of amides is 2. The molecule has 1 saturated heterocycles. The van der Waals surface area contributed by atoms with Crippen LogP contribution in [0.1, 0.15) is 32.4 Å². The summed E-state index contributed by atoms with van der Waals surface area (Å²) in [7, 11) is 2.12. The van der Waals surface area contributed by atoms with Crippen molar-refractivity contribution in [3.8, 4) is 0 Å². The predicted octanol–water partition coefficient (Wildman–Crippen LogP) is 3.41. The number of rotatable bonds is 3. The summed E-state index contributed by atoms with van der Waals surface area (Å²) in [5.41, 5.74) is 1.66. The number of hydrogen-bond donors (Lipinski definition) is 2. The third kappa shape index (κ3) is 2.83. The Bertz CT molecular complexity index is 1090. The summed E-state index contributed by atoms with van der Waals surface area (Å²) in [6, 6.07) is 3.98. The molecule has 1 saturated carbocycles. The van der Waals surface area contributed by atoms with Gasteiger partial charge in [0.05, 0.1) is 11.1 Å². The average Bonchev–Trinajstić information content (AvgIpc) is 3.42. The summed E-state index contributed by atoms with van der Waals surface area (Å²) >= 11 is 0. The van der Waals surface area contributed by atoms with Crippen LogP contribution in [0.25, 0.3) is 11.0 Å². The number of anilines is 2. The molecular formula is C21H27N7O2. The van der Waals surface area contributed by atoms with Crippen LogP contribution in [0.3, 0.4) is 0 Å². The number of likely N-dealkylation sites (tertiary alicyclic amines) is 1. The molecule has 9 heteroatoms. The first-order valence-corrected chi connectivity index (χ1v) is 10.3. The van der Waals surface area contributed by atoms with E-state index in [2.05, 4.69) is 51.2 Å². The Hall–Kier alpha value is -3.10. The van der Waals surface area contributed by atoms with Crippen molar-refractivity contribution in [1.29, 1.82) is 0 Å². The third-order valence-corrected chi connectivity index (χ3v) is 7.27. The van der Waals surface area contributed by atoms with E-state index in [0.717, 1.165) is 48.5 Å². The van der Waals surface area contributed by atoms with E-state index in [1.165, 1.54) is 0 Å². The van der Waals surface area contributed by atoms with E-state index in [4.69, 9.17) is 4.52 Å². The number of carbonyl (C=O) groups excluding carboxylic acids is 1. The van der Waals surface area contributed by atoms with Crippen LogP contribution < -0.4 is 10.2 Å². The van der Waals surface area contributed by atoms with Gasteiger partial charge in [0, 0.05) is 38.4 Å². The minimum Gasteiger partial charge on any atom is -0.356 e. The Morgan fingerprint density at radius 3 is 2.70 bits per heavy atom. The molecule has 2 amide bonds. The molecule has 1 unspecified atom stereocenters. The van der Waals surface area contributed by atoms with Gasteiger partial charge in [0.25, 0.3) is 0 Å². The van der Waals surface area contributed by atoms with Crippen molar-refractivity contribution < 1.29 is 9.32 Å². The van der Waals surface area contributed by atoms with Gasteiger partial charge >= 0.3 is 6.03 Å². The second-order valence-corrected chi connectivity index (χ2v) is 9.35. The molecule has 0 aromatic carbocycles. The number of aryl methyl sites for hydroxylation is 1. The highest BCUT2D eigenvalue weighted by molar-refractivity contribution is 5.88. The maximum atomic E-state index is 12.8. The number of nitrogens with one attached hydrogen (secondary N) is 2. The van der Waals surface area contributed by atoms with Crippen molar-refractivity contribution in [3.63, 3.8) is 0 Å². The molecule has 1 aliphatic carbocycles. The average molecular weight is 409 g/mol. The standard InChI is InChI=1S/C21H27N7O2/c1-13-7-16(30-26-13)25-19(29)28-10-20(2)8-14(9-21(20,3)11-28)27(4)18-15-5-6-22-17(15)23-12-24-18/h5-7,12,14H,8-11H2,1-4H3,(H,25,29)(H,22,23,24)/t14?,20-,21+. The van der Waals surface area contributed by atoms with Crippen molar-refractivity contribution in [2.75, 3.05) is 30.4 Å². The van der Waals surface area contributed by atoms with Gasteiger partial charge in [-0.25, -0.2) is 14.8 Å². The van der Waals surface area contributed by atoms with E-state index in [1.54, 1.807) is 12.4 Å². The topological polar surface area (TPSA) is 103 Å². The Labute approximate surface area is 174 Å². The Balaban J connectivity index is 1.32. The molecule has 30 heavy (non-hydrogen) atoms. The number of H-pyrrole nitrogens is 1. The fraction of sp³-hybridized carbons (Fsp3) is 0.524. The molecule has 5 rings (SSSR count). The van der Waals surface area contributed by atoms with E-state index in [1.807, 2.05) is 24.1 Å². The largest absolute Gasteiger partial charge is 0.356 e. The number of aromatic amines is 1. The van der Waals surface area contributed by atoms with Gasteiger partial charge in [0.1, 0.15) is 17.8 Å². The summed E-state index contributed by atoms with van der Waals surface area (Å²) in [5.74, 6) is 1.34. The molecule has 3 aromatic rings. The zero-order chi connectivity index (χ0) is 21.1. The van der Waals surface area contributed by atoms with Crippen molar-refractivity contribution in [2.45, 2.75) is 39.7 Å². The van der Waals surface area contributed by atoms with Crippen LogP contribution in [0.5, 0.6) is 0 Å². The van der Waals surface area contributed by atoms with Gasteiger partial charge in [-0.2, -0.15) is 0 Å². The lowest BCUT2D eigenvalue weighted by atomic mass is 9.71. The minimum absolute atomic E-state index is 0.0326. The van der Waals surface area contributed by atoms with Crippen LogP contribution in [0.15, 0.2) is 29.2 Å². The molecule has 3 aromatic heterocycles. The second kappa shape index (κ2) is 6.45. The molecule has 2 N–H and O–H groups in total. The van der Waals surface area contributed by atoms with Crippen LogP contribution in [0, 0.1) is 17.8 Å². The lowest BCUT2D eigenvalue weighted by molar-refractivity contribution is 0.184. The summed E-state index contributed by atoms with van der Waals surface area (Å²) in [6.07, 6.45) is 5.51.